The molecule has 0 aromatic heterocycles. The monoisotopic (exact) mass is 555 g/mol. The van der Waals surface area contributed by atoms with Crippen molar-refractivity contribution in [2.24, 2.45) is 0 Å². The first-order valence-electron chi connectivity index (χ1n) is 15.7. The van der Waals surface area contributed by atoms with Crippen LogP contribution in [-0.4, -0.2) is 18.7 Å². The smallest absolute Gasteiger partial charge is 0.137 e. The molecule has 0 aliphatic heterocycles. The number of Topliss-reactive ketones (excluding diaryl/α,β-unsaturated/α-hetero) is 2. The molecule has 3 rings (SSSR count). The molecule has 0 amide bonds. The number of ketones is 2. The molecule has 0 aliphatic carbocycles. The van der Waals surface area contributed by atoms with Gasteiger partial charge >= 0.3 is 0 Å². The zero-order valence-corrected chi connectivity index (χ0v) is 25.5. The topological polar surface area (TPSA) is 46.6 Å². The van der Waals surface area contributed by atoms with Crippen LogP contribution in [0.4, 0.5) is 17.1 Å². The normalized spacial score (nSPS) is 10.9. The molecule has 0 radical (unpaired) electrons. The molecule has 0 saturated heterocycles. The molecule has 0 saturated carbocycles. The van der Waals surface area contributed by atoms with E-state index in [2.05, 4.69) is 67.3 Å². The van der Waals surface area contributed by atoms with E-state index < -0.39 is 0 Å². The molecule has 0 spiro atoms. The maximum atomic E-state index is 12.5. The van der Waals surface area contributed by atoms with Crippen LogP contribution >= 0.6 is 0 Å². The Bertz CT molecular complexity index is 1090. The number of anilines is 3. The van der Waals surface area contributed by atoms with Crippen molar-refractivity contribution in [2.75, 3.05) is 12.0 Å². The van der Waals surface area contributed by atoms with Crippen LogP contribution in [0, 0.1) is 0 Å². The minimum Gasteiger partial charge on any atom is -0.497 e. The lowest BCUT2D eigenvalue weighted by Crippen LogP contribution is -2.11. The van der Waals surface area contributed by atoms with Gasteiger partial charge in [-0.25, -0.2) is 0 Å². The van der Waals surface area contributed by atoms with Crippen LogP contribution < -0.4 is 9.64 Å². The lowest BCUT2D eigenvalue weighted by atomic mass is 10.0. The van der Waals surface area contributed by atoms with Crippen molar-refractivity contribution in [3.63, 3.8) is 0 Å². The number of carbonyl (C=O) groups excluding carboxylic acids is 2. The van der Waals surface area contributed by atoms with Crippen LogP contribution in [0.2, 0.25) is 0 Å². The molecule has 4 heteroatoms. The molecule has 0 heterocycles. The van der Waals surface area contributed by atoms with Gasteiger partial charge in [0, 0.05) is 42.7 Å². The molecule has 0 unspecified atom stereocenters. The summed E-state index contributed by atoms with van der Waals surface area (Å²) >= 11 is 0. The van der Waals surface area contributed by atoms with Gasteiger partial charge in [-0.1, -0.05) is 89.5 Å². The van der Waals surface area contributed by atoms with E-state index in [9.17, 15) is 9.59 Å². The fraction of sp³-hybridized carbons (Fsp3) is 0.459. The van der Waals surface area contributed by atoms with E-state index in [0.29, 0.717) is 37.2 Å². The van der Waals surface area contributed by atoms with E-state index >= 15 is 0 Å². The summed E-state index contributed by atoms with van der Waals surface area (Å²) in [6, 6.07) is 24.6. The number of unbranched alkanes of at least 4 members (excludes halogenated alkanes) is 8. The molecule has 0 fully saturated rings. The van der Waals surface area contributed by atoms with Gasteiger partial charge in [-0.2, -0.15) is 0 Å². The highest BCUT2D eigenvalue weighted by Gasteiger charge is 2.14. The second kappa shape index (κ2) is 18.1. The van der Waals surface area contributed by atoms with Crippen LogP contribution in [0.15, 0.2) is 72.8 Å². The molecule has 41 heavy (non-hydrogen) atoms. The van der Waals surface area contributed by atoms with Gasteiger partial charge in [0.2, 0.25) is 0 Å². The number of ether oxygens (including phenoxy) is 1. The Morgan fingerprint density at radius 2 is 0.902 bits per heavy atom. The third-order valence-corrected chi connectivity index (χ3v) is 7.64. The summed E-state index contributed by atoms with van der Waals surface area (Å²) in [6.45, 7) is 4.42. The van der Waals surface area contributed by atoms with E-state index in [0.717, 1.165) is 59.6 Å². The number of carbonyl (C=O) groups is 2. The molecule has 4 nitrogen and oxygen atoms in total. The zero-order chi connectivity index (χ0) is 29.3. The summed E-state index contributed by atoms with van der Waals surface area (Å²) in [5.41, 5.74) is 5.14. The minimum absolute atomic E-state index is 0.312. The standard InChI is InChI=1S/C37H49NO3/c1-4-6-8-10-12-14-35(39)28-30-16-20-32(21-17-30)38(34-24-26-37(41-3)27-25-34)33-22-18-31(19-23-33)29-36(40)15-13-11-9-7-5-2/h16-27H,4-15,28-29H2,1-3H3. The molecule has 0 N–H and O–H groups in total. The number of hydrogen-bond donors (Lipinski definition) is 0. The van der Waals surface area contributed by atoms with Gasteiger partial charge < -0.3 is 9.64 Å². The van der Waals surface area contributed by atoms with E-state index in [-0.39, 0.29) is 0 Å². The van der Waals surface area contributed by atoms with Gasteiger partial charge in [-0.3, -0.25) is 9.59 Å². The average molecular weight is 556 g/mol. The first-order valence-corrected chi connectivity index (χ1v) is 15.7. The lowest BCUT2D eigenvalue weighted by molar-refractivity contribution is -0.119. The SMILES string of the molecule is CCCCCCCC(=O)Cc1ccc(N(c2ccc(CC(=O)CCCCCCC)cc2)c2ccc(OC)cc2)cc1. The Morgan fingerprint density at radius 1 is 0.537 bits per heavy atom. The van der Waals surface area contributed by atoms with Gasteiger partial charge in [0.1, 0.15) is 17.3 Å². The molecule has 220 valence electrons. The largest absolute Gasteiger partial charge is 0.497 e. The fourth-order valence-corrected chi connectivity index (χ4v) is 5.19. The number of rotatable bonds is 20. The van der Waals surface area contributed by atoms with E-state index in [1.165, 1.54) is 38.5 Å². The third-order valence-electron chi connectivity index (χ3n) is 7.64. The Hall–Kier alpha value is -3.40. The summed E-state index contributed by atoms with van der Waals surface area (Å²) in [7, 11) is 1.67. The van der Waals surface area contributed by atoms with Crippen LogP contribution in [0.5, 0.6) is 5.75 Å². The highest BCUT2D eigenvalue weighted by molar-refractivity contribution is 5.82. The summed E-state index contributed by atoms with van der Waals surface area (Å²) < 4.78 is 5.38. The van der Waals surface area contributed by atoms with Crippen molar-refractivity contribution in [2.45, 2.75) is 104 Å². The molecule has 0 atom stereocenters. The van der Waals surface area contributed by atoms with Crippen LogP contribution in [0.25, 0.3) is 0 Å². The number of hydrogen-bond acceptors (Lipinski definition) is 4. The second-order valence-corrected chi connectivity index (χ2v) is 11.1. The van der Waals surface area contributed by atoms with Crippen LogP contribution in [0.1, 0.15) is 102 Å². The minimum atomic E-state index is 0.312. The van der Waals surface area contributed by atoms with Gasteiger partial charge in [0.25, 0.3) is 0 Å². The predicted molar refractivity (Wildman–Crippen MR) is 172 cm³/mol. The summed E-state index contributed by atoms with van der Waals surface area (Å²) in [5, 5.41) is 0. The highest BCUT2D eigenvalue weighted by Crippen LogP contribution is 2.35. The summed E-state index contributed by atoms with van der Waals surface area (Å²) in [6.07, 6.45) is 13.9. The Morgan fingerprint density at radius 3 is 1.27 bits per heavy atom. The van der Waals surface area contributed by atoms with Crippen molar-refractivity contribution >= 4 is 28.6 Å². The molecule has 3 aromatic carbocycles. The van der Waals surface area contributed by atoms with Gasteiger partial charge in [0.05, 0.1) is 7.11 Å². The number of methoxy groups -OCH3 is 1. The molecule has 0 bridgehead atoms. The fourth-order valence-electron chi connectivity index (χ4n) is 5.19. The Kier molecular flexibility index (Phi) is 14.2. The van der Waals surface area contributed by atoms with Crippen LogP contribution in [0.3, 0.4) is 0 Å². The number of benzene rings is 3. The molecular weight excluding hydrogens is 506 g/mol. The van der Waals surface area contributed by atoms with E-state index in [1.807, 2.05) is 24.3 Å². The first-order chi connectivity index (χ1) is 20.0. The molecule has 3 aromatic rings. The van der Waals surface area contributed by atoms with Gasteiger partial charge in [-0.05, 0) is 72.5 Å². The zero-order valence-electron chi connectivity index (χ0n) is 25.5. The lowest BCUT2D eigenvalue weighted by Gasteiger charge is -2.26. The van der Waals surface area contributed by atoms with E-state index in [4.69, 9.17) is 4.74 Å². The molecular formula is C37H49NO3. The van der Waals surface area contributed by atoms with Crippen molar-refractivity contribution in [3.8, 4) is 5.75 Å². The quantitative estimate of drug-likeness (QED) is 0.130. The summed E-state index contributed by atoms with van der Waals surface area (Å²) in [5.74, 6) is 1.43. The first kappa shape index (κ1) is 32.1. The van der Waals surface area contributed by atoms with Crippen molar-refractivity contribution < 1.29 is 14.3 Å². The second-order valence-electron chi connectivity index (χ2n) is 11.1. The van der Waals surface area contributed by atoms with Crippen molar-refractivity contribution in [3.05, 3.63) is 83.9 Å². The third kappa shape index (κ3) is 11.2. The van der Waals surface area contributed by atoms with Gasteiger partial charge in [0.15, 0.2) is 0 Å². The average Bonchev–Trinajstić information content (AvgIpc) is 2.99. The maximum Gasteiger partial charge on any atom is 0.137 e. The Balaban J connectivity index is 1.69. The number of nitrogens with zero attached hydrogens (tertiary/aromatic N) is 1. The highest BCUT2D eigenvalue weighted by atomic mass is 16.5. The van der Waals surface area contributed by atoms with Crippen molar-refractivity contribution in [1.82, 2.24) is 0 Å². The maximum absolute atomic E-state index is 12.5. The Labute approximate surface area is 248 Å². The summed E-state index contributed by atoms with van der Waals surface area (Å²) in [4.78, 5) is 27.3. The van der Waals surface area contributed by atoms with Gasteiger partial charge in [-0.15, -0.1) is 0 Å². The predicted octanol–water partition coefficient (Wildman–Crippen LogP) is 10.1. The molecule has 0 aliphatic rings. The van der Waals surface area contributed by atoms with Crippen LogP contribution in [-0.2, 0) is 22.4 Å². The van der Waals surface area contributed by atoms with Crippen molar-refractivity contribution in [1.29, 1.82) is 0 Å². The van der Waals surface area contributed by atoms with E-state index in [1.54, 1.807) is 7.11 Å².